The molecule has 1 saturated heterocycles. The van der Waals surface area contributed by atoms with Crippen LogP contribution in [0.4, 0.5) is 4.39 Å². The molecule has 1 N–H and O–H groups in total. The number of fused-ring (bicyclic) bond motifs is 3. The van der Waals surface area contributed by atoms with Crippen molar-refractivity contribution in [3.05, 3.63) is 41.7 Å². The average molecular weight is 444 g/mol. The minimum atomic E-state index is -0.181. The lowest BCUT2D eigenvalue weighted by atomic mass is 9.51. The summed E-state index contributed by atoms with van der Waals surface area (Å²) in [5.41, 5.74) is 2.01. The van der Waals surface area contributed by atoms with Crippen molar-refractivity contribution in [1.82, 2.24) is 5.32 Å². The van der Waals surface area contributed by atoms with Gasteiger partial charge in [0.15, 0.2) is 0 Å². The molecule has 1 amide bonds. The molecule has 4 aliphatic rings. The molecular weight excluding hydrogens is 405 g/mol. The summed E-state index contributed by atoms with van der Waals surface area (Å²) < 4.78 is 24.0. The van der Waals surface area contributed by atoms with Gasteiger partial charge in [-0.25, -0.2) is 4.39 Å². The first kappa shape index (κ1) is 23.3. The molecule has 32 heavy (non-hydrogen) atoms. The number of carbonyl (C=O) groups is 1. The van der Waals surface area contributed by atoms with E-state index in [4.69, 9.17) is 9.47 Å². The Balaban J connectivity index is 1.34. The quantitative estimate of drug-likeness (QED) is 0.548. The van der Waals surface area contributed by atoms with Gasteiger partial charge in [-0.1, -0.05) is 19.1 Å². The minimum absolute atomic E-state index is 0.181. The van der Waals surface area contributed by atoms with E-state index in [9.17, 15) is 9.18 Å². The van der Waals surface area contributed by atoms with Gasteiger partial charge in [0, 0.05) is 24.7 Å². The highest BCUT2D eigenvalue weighted by Gasteiger charge is 2.53. The van der Waals surface area contributed by atoms with E-state index >= 15 is 0 Å². The lowest BCUT2D eigenvalue weighted by Gasteiger charge is -2.53. The highest BCUT2D eigenvalue weighted by molar-refractivity contribution is 5.83. The molecule has 0 unspecified atom stereocenters. The number of benzene rings is 1. The molecule has 5 heteroatoms. The van der Waals surface area contributed by atoms with Gasteiger partial charge in [0.2, 0.25) is 5.91 Å². The van der Waals surface area contributed by atoms with Gasteiger partial charge < -0.3 is 14.8 Å². The summed E-state index contributed by atoms with van der Waals surface area (Å²) in [7, 11) is 0. The zero-order chi connectivity index (χ0) is 22.6. The molecule has 4 nitrogen and oxygen atoms in total. The second-order valence-electron chi connectivity index (χ2n) is 10.2. The van der Waals surface area contributed by atoms with E-state index in [0.29, 0.717) is 30.8 Å². The zero-order valence-corrected chi connectivity index (χ0v) is 19.6. The van der Waals surface area contributed by atoms with Crippen LogP contribution in [0.3, 0.4) is 0 Å². The number of nitrogens with one attached hydrogen (secondary N) is 1. The normalized spacial score (nSPS) is 29.5. The lowest BCUT2D eigenvalue weighted by molar-refractivity contribution is -0.139. The molecule has 1 atom stereocenters. The first-order valence-electron chi connectivity index (χ1n) is 12.4. The molecule has 2 bridgehead atoms. The molecule has 0 spiro atoms. The Labute approximate surface area is 191 Å². The summed E-state index contributed by atoms with van der Waals surface area (Å²) in [6.45, 7) is 6.01. The van der Waals surface area contributed by atoms with Crippen molar-refractivity contribution in [3.8, 4) is 5.75 Å². The Kier molecular flexibility index (Phi) is 7.24. The van der Waals surface area contributed by atoms with E-state index in [1.54, 1.807) is 0 Å². The van der Waals surface area contributed by atoms with E-state index in [1.165, 1.54) is 5.56 Å². The highest BCUT2D eigenvalue weighted by atomic mass is 19.1. The van der Waals surface area contributed by atoms with Crippen LogP contribution >= 0.6 is 0 Å². The molecule has 3 aliphatic carbocycles. The smallest absolute Gasteiger partial charge is 0.226 e. The van der Waals surface area contributed by atoms with Crippen molar-refractivity contribution in [2.45, 2.75) is 83.1 Å². The average Bonchev–Trinajstić information content (AvgIpc) is 2.86. The third kappa shape index (κ3) is 4.73. The van der Waals surface area contributed by atoms with Crippen molar-refractivity contribution in [3.63, 3.8) is 0 Å². The van der Waals surface area contributed by atoms with Crippen LogP contribution in [0, 0.1) is 11.3 Å². The fraction of sp³-hybridized carbons (Fsp3) is 0.667. The summed E-state index contributed by atoms with van der Waals surface area (Å²) in [4.78, 5) is 13.3. The maximum Gasteiger partial charge on any atom is 0.226 e. The van der Waals surface area contributed by atoms with Crippen LogP contribution in [0.2, 0.25) is 0 Å². The first-order chi connectivity index (χ1) is 15.5. The number of carbonyl (C=O) groups excluding carboxylic acids is 1. The summed E-state index contributed by atoms with van der Waals surface area (Å²) in [5.74, 6) is 1.59. The van der Waals surface area contributed by atoms with Crippen molar-refractivity contribution in [1.29, 1.82) is 0 Å². The highest BCUT2D eigenvalue weighted by Crippen LogP contribution is 2.58. The second-order valence-corrected chi connectivity index (χ2v) is 10.2. The van der Waals surface area contributed by atoms with Gasteiger partial charge in [0.05, 0.1) is 6.33 Å². The van der Waals surface area contributed by atoms with E-state index in [-0.39, 0.29) is 22.8 Å². The van der Waals surface area contributed by atoms with Gasteiger partial charge >= 0.3 is 0 Å². The number of ether oxygens (including phenoxy) is 2. The molecule has 1 aliphatic heterocycles. The van der Waals surface area contributed by atoms with Crippen LogP contribution in [0.15, 0.2) is 36.2 Å². The van der Waals surface area contributed by atoms with Crippen LogP contribution in [0.25, 0.3) is 0 Å². The molecule has 4 fully saturated rings. The molecule has 1 heterocycles. The summed E-state index contributed by atoms with van der Waals surface area (Å²) in [6, 6.07) is 8.59. The fourth-order valence-corrected chi connectivity index (χ4v) is 5.94. The lowest BCUT2D eigenvalue weighted by Crippen LogP contribution is -2.54. The third-order valence-corrected chi connectivity index (χ3v) is 8.56. The van der Waals surface area contributed by atoms with Crippen LogP contribution in [0.1, 0.15) is 77.2 Å². The van der Waals surface area contributed by atoms with Gasteiger partial charge in [-0.2, -0.15) is 0 Å². The summed E-state index contributed by atoms with van der Waals surface area (Å²) in [6.07, 6.45) is 9.49. The van der Waals surface area contributed by atoms with E-state index < -0.39 is 0 Å². The number of rotatable bonds is 8. The van der Waals surface area contributed by atoms with Gasteiger partial charge in [0.1, 0.15) is 12.4 Å². The molecule has 3 saturated carbocycles. The molecule has 1 aromatic carbocycles. The van der Waals surface area contributed by atoms with E-state index in [2.05, 4.69) is 24.4 Å². The fourth-order valence-electron chi connectivity index (χ4n) is 5.94. The molecule has 176 valence electrons. The van der Waals surface area contributed by atoms with Gasteiger partial charge in [-0.15, -0.1) is 0 Å². The van der Waals surface area contributed by atoms with Crippen LogP contribution in [-0.4, -0.2) is 31.8 Å². The summed E-state index contributed by atoms with van der Waals surface area (Å²) >= 11 is 0. The topological polar surface area (TPSA) is 47.6 Å². The Hall–Kier alpha value is -1.88. The van der Waals surface area contributed by atoms with E-state index in [0.717, 1.165) is 70.3 Å². The summed E-state index contributed by atoms with van der Waals surface area (Å²) in [5, 5.41) is 3.39. The van der Waals surface area contributed by atoms with Gasteiger partial charge in [-0.05, 0) is 99.3 Å². The van der Waals surface area contributed by atoms with Crippen LogP contribution in [0.5, 0.6) is 5.75 Å². The predicted molar refractivity (Wildman–Crippen MR) is 124 cm³/mol. The maximum absolute atomic E-state index is 13.3. The molecule has 1 aromatic rings. The number of hydrogen-bond acceptors (Lipinski definition) is 3. The van der Waals surface area contributed by atoms with Crippen molar-refractivity contribution < 1.29 is 18.7 Å². The SMILES string of the molecule is CC/C(=C\F)COc1ccc(C23CCC(C(=O)N[C@@H](C)C4CCOCC4)(CC2)CC3)cc1. The number of halogens is 1. The molecule has 0 aromatic heterocycles. The Morgan fingerprint density at radius 3 is 2.34 bits per heavy atom. The second kappa shape index (κ2) is 9.94. The van der Waals surface area contributed by atoms with Gasteiger partial charge in [0.25, 0.3) is 0 Å². The standard InChI is InChI=1S/C27H38FNO3/c1-3-21(18-28)19-32-24-6-4-23(5-7-24)26-10-13-27(14-11-26,15-12-26)25(30)29-20(2)22-8-16-31-17-9-22/h4-7,18,20,22H,3,8-17,19H2,1-2H3,(H,29,30)/b21-18+/t20-,26?,27?/m0/s1. The zero-order valence-electron chi connectivity index (χ0n) is 19.6. The first-order valence-corrected chi connectivity index (χ1v) is 12.4. The van der Waals surface area contributed by atoms with Crippen LogP contribution in [-0.2, 0) is 14.9 Å². The Bertz CT molecular complexity index is 788. The third-order valence-electron chi connectivity index (χ3n) is 8.56. The molecule has 5 rings (SSSR count). The Morgan fingerprint density at radius 2 is 1.78 bits per heavy atom. The van der Waals surface area contributed by atoms with Crippen molar-refractivity contribution >= 4 is 5.91 Å². The van der Waals surface area contributed by atoms with Gasteiger partial charge in [-0.3, -0.25) is 4.79 Å². The largest absolute Gasteiger partial charge is 0.489 e. The minimum Gasteiger partial charge on any atom is -0.489 e. The monoisotopic (exact) mass is 443 g/mol. The predicted octanol–water partition coefficient (Wildman–Crippen LogP) is 5.85. The molecule has 0 radical (unpaired) electrons. The number of amides is 1. The van der Waals surface area contributed by atoms with Crippen molar-refractivity contribution in [2.75, 3.05) is 19.8 Å². The van der Waals surface area contributed by atoms with E-state index in [1.807, 2.05) is 19.1 Å². The Morgan fingerprint density at radius 1 is 1.16 bits per heavy atom. The maximum atomic E-state index is 13.3. The van der Waals surface area contributed by atoms with Crippen LogP contribution < -0.4 is 10.1 Å². The van der Waals surface area contributed by atoms with Crippen molar-refractivity contribution in [2.24, 2.45) is 11.3 Å². The number of hydrogen-bond donors (Lipinski definition) is 1. The molecular formula is C27H38FNO3.